The number of hydrogen-bond donors (Lipinski definition) is 0. The molecule has 0 radical (unpaired) electrons. The summed E-state index contributed by atoms with van der Waals surface area (Å²) in [5.41, 5.74) is 1.86. The summed E-state index contributed by atoms with van der Waals surface area (Å²) < 4.78 is 11.2. The fraction of sp³-hybridized carbons (Fsp3) is 0.125. The number of nitrogens with zero attached hydrogens (tertiary/aromatic N) is 2. The Labute approximate surface area is 137 Å². The average Bonchev–Trinajstić information content (AvgIpc) is 2.98. The Bertz CT molecular complexity index is 785. The van der Waals surface area contributed by atoms with Crippen LogP contribution in [0.2, 0.25) is 10.0 Å². The Balaban J connectivity index is 1.72. The number of benzene rings is 2. The monoisotopic (exact) mass is 334 g/mol. The van der Waals surface area contributed by atoms with Gasteiger partial charge in [-0.05, 0) is 48.9 Å². The van der Waals surface area contributed by atoms with Crippen molar-refractivity contribution >= 4 is 23.2 Å². The maximum Gasteiger partial charge on any atom is 0.254 e. The molecule has 0 N–H and O–H groups in total. The Morgan fingerprint density at radius 1 is 1.05 bits per heavy atom. The quantitative estimate of drug-likeness (QED) is 0.678. The van der Waals surface area contributed by atoms with Crippen molar-refractivity contribution in [1.29, 1.82) is 0 Å². The Morgan fingerprint density at radius 2 is 1.82 bits per heavy atom. The minimum atomic E-state index is 0.157. The Hall–Kier alpha value is -2.04. The molecule has 0 atom stereocenters. The molecule has 1 heterocycles. The number of aryl methyl sites for hydroxylation is 1. The highest BCUT2D eigenvalue weighted by atomic mass is 35.5. The lowest BCUT2D eigenvalue weighted by molar-refractivity contribution is 0.264. The van der Waals surface area contributed by atoms with Gasteiger partial charge in [0.15, 0.2) is 6.61 Å². The summed E-state index contributed by atoms with van der Waals surface area (Å²) in [5, 5.41) is 9.16. The van der Waals surface area contributed by atoms with Crippen LogP contribution in [0.1, 0.15) is 11.5 Å². The van der Waals surface area contributed by atoms with Gasteiger partial charge in [-0.3, -0.25) is 0 Å². The molecule has 0 saturated heterocycles. The van der Waals surface area contributed by atoms with E-state index >= 15 is 0 Å². The molecule has 0 fully saturated rings. The highest BCUT2D eigenvalue weighted by Gasteiger charge is 2.10. The zero-order valence-electron chi connectivity index (χ0n) is 11.7. The second-order valence-corrected chi connectivity index (χ2v) is 5.57. The van der Waals surface area contributed by atoms with Crippen molar-refractivity contribution in [2.75, 3.05) is 0 Å². The van der Waals surface area contributed by atoms with Gasteiger partial charge in [0.25, 0.3) is 5.89 Å². The molecule has 0 aliphatic heterocycles. The van der Waals surface area contributed by atoms with Crippen molar-refractivity contribution in [2.45, 2.75) is 13.5 Å². The van der Waals surface area contributed by atoms with Gasteiger partial charge in [-0.25, -0.2) is 0 Å². The summed E-state index contributed by atoms with van der Waals surface area (Å²) in [6, 6.07) is 12.7. The van der Waals surface area contributed by atoms with Crippen LogP contribution in [0.4, 0.5) is 0 Å². The van der Waals surface area contributed by atoms with Gasteiger partial charge < -0.3 is 9.15 Å². The summed E-state index contributed by atoms with van der Waals surface area (Å²) in [7, 11) is 0. The molecule has 22 heavy (non-hydrogen) atoms. The first kappa shape index (κ1) is 14.9. The van der Waals surface area contributed by atoms with Gasteiger partial charge in [-0.2, -0.15) is 0 Å². The van der Waals surface area contributed by atoms with E-state index in [9.17, 15) is 0 Å². The zero-order chi connectivity index (χ0) is 15.5. The van der Waals surface area contributed by atoms with E-state index in [1.165, 1.54) is 0 Å². The first-order valence-corrected chi connectivity index (χ1v) is 7.35. The predicted octanol–water partition coefficient (Wildman–Crippen LogP) is 4.93. The minimum Gasteiger partial charge on any atom is -0.482 e. The molecule has 0 aliphatic rings. The van der Waals surface area contributed by atoms with Crippen LogP contribution in [-0.4, -0.2) is 10.2 Å². The van der Waals surface area contributed by atoms with E-state index in [0.29, 0.717) is 27.6 Å². The molecule has 0 bridgehead atoms. The first-order valence-electron chi connectivity index (χ1n) is 6.59. The summed E-state index contributed by atoms with van der Waals surface area (Å²) in [6.45, 7) is 2.12. The van der Waals surface area contributed by atoms with Crippen molar-refractivity contribution < 1.29 is 9.15 Å². The number of halogens is 2. The molecule has 0 spiro atoms. The Kier molecular flexibility index (Phi) is 4.32. The van der Waals surface area contributed by atoms with Crippen LogP contribution in [-0.2, 0) is 6.61 Å². The zero-order valence-corrected chi connectivity index (χ0v) is 13.2. The first-order chi connectivity index (χ1) is 10.6. The topological polar surface area (TPSA) is 48.2 Å². The summed E-state index contributed by atoms with van der Waals surface area (Å²) in [6.07, 6.45) is 0. The third-order valence-electron chi connectivity index (χ3n) is 3.00. The fourth-order valence-electron chi connectivity index (χ4n) is 1.88. The van der Waals surface area contributed by atoms with E-state index < -0.39 is 0 Å². The third kappa shape index (κ3) is 3.40. The van der Waals surface area contributed by atoms with Gasteiger partial charge in [0, 0.05) is 10.6 Å². The van der Waals surface area contributed by atoms with Crippen LogP contribution in [0, 0.1) is 6.92 Å². The van der Waals surface area contributed by atoms with Crippen LogP contribution >= 0.6 is 23.2 Å². The molecule has 2 aromatic carbocycles. The Morgan fingerprint density at radius 3 is 2.59 bits per heavy atom. The fourth-order valence-corrected chi connectivity index (χ4v) is 2.18. The second kappa shape index (κ2) is 6.38. The number of aromatic nitrogens is 2. The molecule has 0 aliphatic carbocycles. The van der Waals surface area contributed by atoms with E-state index in [-0.39, 0.29) is 6.61 Å². The molecule has 6 heteroatoms. The van der Waals surface area contributed by atoms with Gasteiger partial charge in [-0.15, -0.1) is 10.2 Å². The van der Waals surface area contributed by atoms with Crippen molar-refractivity contribution in [2.24, 2.45) is 0 Å². The average molecular weight is 335 g/mol. The second-order valence-electron chi connectivity index (χ2n) is 4.73. The van der Waals surface area contributed by atoms with Crippen molar-refractivity contribution in [3.8, 4) is 17.2 Å². The summed E-state index contributed by atoms with van der Waals surface area (Å²) in [5.74, 6) is 1.39. The highest BCUT2D eigenvalue weighted by molar-refractivity contribution is 6.32. The third-order valence-corrected chi connectivity index (χ3v) is 3.56. The number of ether oxygens (including phenoxy) is 1. The van der Waals surface area contributed by atoms with Crippen LogP contribution in [0.5, 0.6) is 5.75 Å². The minimum absolute atomic E-state index is 0.157. The van der Waals surface area contributed by atoms with Crippen molar-refractivity contribution in [1.82, 2.24) is 10.2 Å². The van der Waals surface area contributed by atoms with Gasteiger partial charge in [0.2, 0.25) is 5.89 Å². The van der Waals surface area contributed by atoms with E-state index in [1.54, 1.807) is 18.2 Å². The number of rotatable bonds is 4. The highest BCUT2D eigenvalue weighted by Crippen LogP contribution is 2.26. The lowest BCUT2D eigenvalue weighted by atomic mass is 10.2. The molecule has 3 aromatic rings. The smallest absolute Gasteiger partial charge is 0.254 e. The molecule has 4 nitrogen and oxygen atoms in total. The summed E-state index contributed by atoms with van der Waals surface area (Å²) in [4.78, 5) is 0. The standard InChI is InChI=1S/C16H12Cl2N2O2/c1-10-2-7-13(18)14(8-10)21-9-15-19-20-16(22-15)11-3-5-12(17)6-4-11/h2-8H,9H2,1H3. The van der Waals surface area contributed by atoms with Gasteiger partial charge in [-0.1, -0.05) is 29.3 Å². The molecule has 1 aromatic heterocycles. The molecular weight excluding hydrogens is 323 g/mol. The van der Waals surface area contributed by atoms with Gasteiger partial charge in [0.05, 0.1) is 5.02 Å². The molecule has 0 amide bonds. The number of hydrogen-bond acceptors (Lipinski definition) is 4. The maximum atomic E-state index is 6.07. The van der Waals surface area contributed by atoms with E-state index in [4.69, 9.17) is 32.4 Å². The summed E-state index contributed by atoms with van der Waals surface area (Å²) >= 11 is 11.9. The van der Waals surface area contributed by atoms with Crippen molar-refractivity contribution in [3.63, 3.8) is 0 Å². The van der Waals surface area contributed by atoms with E-state index in [2.05, 4.69) is 10.2 Å². The van der Waals surface area contributed by atoms with Crippen LogP contribution < -0.4 is 4.74 Å². The molecule has 3 rings (SSSR count). The van der Waals surface area contributed by atoms with E-state index in [0.717, 1.165) is 11.1 Å². The van der Waals surface area contributed by atoms with Gasteiger partial charge in [0.1, 0.15) is 5.75 Å². The largest absolute Gasteiger partial charge is 0.482 e. The molecule has 112 valence electrons. The predicted molar refractivity (Wildman–Crippen MR) is 85.3 cm³/mol. The van der Waals surface area contributed by atoms with Crippen LogP contribution in [0.25, 0.3) is 11.5 Å². The SMILES string of the molecule is Cc1ccc(Cl)c(OCc2nnc(-c3ccc(Cl)cc3)o2)c1. The molecule has 0 saturated carbocycles. The lowest BCUT2D eigenvalue weighted by Crippen LogP contribution is -1.96. The van der Waals surface area contributed by atoms with Crippen LogP contribution in [0.15, 0.2) is 46.9 Å². The normalized spacial score (nSPS) is 10.7. The lowest BCUT2D eigenvalue weighted by Gasteiger charge is -2.06. The van der Waals surface area contributed by atoms with Crippen molar-refractivity contribution in [3.05, 3.63) is 64.0 Å². The van der Waals surface area contributed by atoms with E-state index in [1.807, 2.05) is 31.2 Å². The van der Waals surface area contributed by atoms with Crippen LogP contribution in [0.3, 0.4) is 0 Å². The molecule has 0 unspecified atom stereocenters. The molecular formula is C16H12Cl2N2O2. The maximum absolute atomic E-state index is 6.07. The van der Waals surface area contributed by atoms with Gasteiger partial charge >= 0.3 is 0 Å².